The molecule has 0 atom stereocenters. The second kappa shape index (κ2) is 7.53. The number of nitrogens with zero attached hydrogens (tertiary/aromatic N) is 2. The molecule has 0 N–H and O–H groups in total. The van der Waals surface area contributed by atoms with Gasteiger partial charge in [-0.1, -0.05) is 11.6 Å². The molecule has 1 heterocycles. The van der Waals surface area contributed by atoms with Crippen LogP contribution in [0.1, 0.15) is 15.2 Å². The predicted octanol–water partition coefficient (Wildman–Crippen LogP) is 3.69. The van der Waals surface area contributed by atoms with Crippen LogP contribution in [0.3, 0.4) is 0 Å². The molecule has 0 unspecified atom stereocenters. The molecule has 130 valence electrons. The summed E-state index contributed by atoms with van der Waals surface area (Å²) < 4.78 is 26.7. The molecule has 0 radical (unpaired) electrons. The predicted molar refractivity (Wildman–Crippen MR) is 100 cm³/mol. The molecule has 1 aromatic heterocycles. The maximum Gasteiger partial charge on any atom is 0.253 e. The van der Waals surface area contributed by atoms with E-state index in [2.05, 4.69) is 15.9 Å². The smallest absolute Gasteiger partial charge is 0.253 e. The van der Waals surface area contributed by atoms with Crippen molar-refractivity contribution in [3.05, 3.63) is 49.6 Å². The van der Waals surface area contributed by atoms with Gasteiger partial charge in [-0.3, -0.25) is 4.79 Å². The minimum absolute atomic E-state index is 0.0766. The minimum Gasteiger partial charge on any atom is -0.337 e. The van der Waals surface area contributed by atoms with Crippen LogP contribution in [0.5, 0.6) is 0 Å². The Kier molecular flexibility index (Phi) is 6.09. The molecule has 0 aliphatic carbocycles. The van der Waals surface area contributed by atoms with E-state index < -0.39 is 10.0 Å². The van der Waals surface area contributed by atoms with Crippen LogP contribution in [-0.4, -0.2) is 44.7 Å². The molecule has 0 aliphatic heterocycles. The minimum atomic E-state index is -3.72. The molecule has 0 bridgehead atoms. The highest BCUT2D eigenvalue weighted by molar-refractivity contribution is 9.11. The van der Waals surface area contributed by atoms with E-state index in [1.54, 1.807) is 18.4 Å². The van der Waals surface area contributed by atoms with Crippen molar-refractivity contribution in [3.8, 4) is 0 Å². The van der Waals surface area contributed by atoms with Crippen molar-refractivity contribution in [2.45, 2.75) is 11.4 Å². The molecular formula is C15H16BrClN2O3S2. The van der Waals surface area contributed by atoms with Gasteiger partial charge in [0.1, 0.15) is 4.90 Å². The maximum absolute atomic E-state index is 12.6. The summed E-state index contributed by atoms with van der Waals surface area (Å²) in [6.07, 6.45) is 0. The van der Waals surface area contributed by atoms with Crippen LogP contribution in [0, 0.1) is 0 Å². The molecule has 5 nitrogen and oxygen atoms in total. The first-order valence-corrected chi connectivity index (χ1v) is 10.3. The van der Waals surface area contributed by atoms with Crippen LogP contribution in [0.15, 0.2) is 39.0 Å². The number of hydrogen-bond donors (Lipinski definition) is 0. The molecule has 2 rings (SSSR count). The van der Waals surface area contributed by atoms with E-state index in [0.29, 0.717) is 6.54 Å². The third-order valence-electron chi connectivity index (χ3n) is 3.31. The third-order valence-corrected chi connectivity index (χ3v) is 7.21. The fraction of sp³-hybridized carbons (Fsp3) is 0.267. The SMILES string of the molecule is CN(Cc1ccc(Br)s1)C(=O)c1ccc(Cl)c(S(=O)(=O)N(C)C)c1. The van der Waals surface area contributed by atoms with Gasteiger partial charge in [0.25, 0.3) is 5.91 Å². The molecule has 0 fully saturated rings. The average molecular weight is 452 g/mol. The van der Waals surface area contributed by atoms with Gasteiger partial charge in [0, 0.05) is 31.6 Å². The molecule has 24 heavy (non-hydrogen) atoms. The van der Waals surface area contributed by atoms with Gasteiger partial charge in [0.05, 0.1) is 15.4 Å². The Balaban J connectivity index is 2.30. The number of benzene rings is 1. The lowest BCUT2D eigenvalue weighted by Gasteiger charge is -2.18. The number of sulfonamides is 1. The summed E-state index contributed by atoms with van der Waals surface area (Å²) in [7, 11) is 0.788. The Morgan fingerprint density at radius 1 is 1.21 bits per heavy atom. The second-order valence-corrected chi connectivity index (χ2v) is 10.4. The van der Waals surface area contributed by atoms with E-state index in [1.807, 2.05) is 12.1 Å². The van der Waals surface area contributed by atoms with E-state index in [4.69, 9.17) is 11.6 Å². The van der Waals surface area contributed by atoms with Crippen LogP contribution in [0.4, 0.5) is 0 Å². The lowest BCUT2D eigenvalue weighted by molar-refractivity contribution is 0.0786. The first-order valence-electron chi connectivity index (χ1n) is 6.84. The van der Waals surface area contributed by atoms with E-state index >= 15 is 0 Å². The lowest BCUT2D eigenvalue weighted by atomic mass is 10.2. The van der Waals surface area contributed by atoms with Gasteiger partial charge < -0.3 is 4.90 Å². The molecule has 0 saturated heterocycles. The highest BCUT2D eigenvalue weighted by Crippen LogP contribution is 2.26. The Labute approximate surface area is 159 Å². The topological polar surface area (TPSA) is 57.7 Å². The monoisotopic (exact) mass is 450 g/mol. The molecule has 1 amide bonds. The first kappa shape index (κ1) is 19.4. The number of carbonyl (C=O) groups excluding carboxylic acids is 1. The molecule has 9 heteroatoms. The fourth-order valence-corrected chi connectivity index (χ4v) is 4.92. The second-order valence-electron chi connectivity index (χ2n) is 5.30. The largest absolute Gasteiger partial charge is 0.337 e. The summed E-state index contributed by atoms with van der Waals surface area (Å²) in [5.74, 6) is -0.272. The summed E-state index contributed by atoms with van der Waals surface area (Å²) >= 11 is 10.9. The van der Waals surface area contributed by atoms with Gasteiger partial charge in [-0.2, -0.15) is 0 Å². The standard InChI is InChI=1S/C15H16BrClN2O3S2/c1-18(2)24(21,22)13-8-10(4-6-12(13)17)15(20)19(3)9-11-5-7-14(16)23-11/h4-8H,9H2,1-3H3. The van der Waals surface area contributed by atoms with Crippen LogP contribution in [-0.2, 0) is 16.6 Å². The van der Waals surface area contributed by atoms with Crippen molar-refractivity contribution in [2.24, 2.45) is 0 Å². The van der Waals surface area contributed by atoms with E-state index in [-0.39, 0.29) is 21.4 Å². The normalized spacial score (nSPS) is 11.8. The van der Waals surface area contributed by atoms with Crippen molar-refractivity contribution in [3.63, 3.8) is 0 Å². The summed E-state index contributed by atoms with van der Waals surface area (Å²) in [4.78, 5) is 15.1. The number of rotatable bonds is 5. The molecule has 0 saturated carbocycles. The van der Waals surface area contributed by atoms with E-state index in [0.717, 1.165) is 13.0 Å². The summed E-state index contributed by atoms with van der Waals surface area (Å²) in [6.45, 7) is 0.438. The van der Waals surface area contributed by atoms with Gasteiger partial charge in [0.15, 0.2) is 0 Å². The number of thiophene rings is 1. The highest BCUT2D eigenvalue weighted by Gasteiger charge is 2.23. The number of carbonyl (C=O) groups is 1. The number of hydrogen-bond acceptors (Lipinski definition) is 4. The zero-order chi connectivity index (χ0) is 18.1. The Hall–Kier alpha value is -0.930. The lowest BCUT2D eigenvalue weighted by Crippen LogP contribution is -2.27. The Morgan fingerprint density at radius 3 is 2.42 bits per heavy atom. The summed E-state index contributed by atoms with van der Waals surface area (Å²) in [6, 6.07) is 8.13. The van der Waals surface area contributed by atoms with Crippen LogP contribution < -0.4 is 0 Å². The number of amides is 1. The highest BCUT2D eigenvalue weighted by atomic mass is 79.9. The van der Waals surface area contributed by atoms with Crippen LogP contribution in [0.2, 0.25) is 5.02 Å². The first-order chi connectivity index (χ1) is 11.1. The zero-order valence-electron chi connectivity index (χ0n) is 13.3. The molecule has 2 aromatic rings. The zero-order valence-corrected chi connectivity index (χ0v) is 17.3. The third kappa shape index (κ3) is 4.18. The Morgan fingerprint density at radius 2 is 1.88 bits per heavy atom. The van der Waals surface area contributed by atoms with Gasteiger partial charge in [0.2, 0.25) is 10.0 Å². The summed E-state index contributed by atoms with van der Waals surface area (Å²) in [5.41, 5.74) is 0.276. The van der Waals surface area contributed by atoms with Crippen molar-refractivity contribution >= 4 is 54.8 Å². The fourth-order valence-electron chi connectivity index (χ4n) is 1.99. The van der Waals surface area contributed by atoms with Crippen LogP contribution >= 0.6 is 38.9 Å². The maximum atomic E-state index is 12.6. The van der Waals surface area contributed by atoms with Gasteiger partial charge in [-0.15, -0.1) is 11.3 Å². The van der Waals surface area contributed by atoms with E-state index in [9.17, 15) is 13.2 Å². The van der Waals surface area contributed by atoms with Crippen molar-refractivity contribution in [1.29, 1.82) is 0 Å². The molecule has 0 spiro atoms. The molecule has 1 aromatic carbocycles. The summed E-state index contributed by atoms with van der Waals surface area (Å²) in [5, 5.41) is 0.0880. The van der Waals surface area contributed by atoms with Crippen molar-refractivity contribution in [2.75, 3.05) is 21.1 Å². The Bertz CT molecular complexity index is 865. The van der Waals surface area contributed by atoms with E-state index in [1.165, 1.54) is 37.2 Å². The van der Waals surface area contributed by atoms with Gasteiger partial charge >= 0.3 is 0 Å². The average Bonchev–Trinajstić information content (AvgIpc) is 2.91. The molecule has 0 aliphatic rings. The van der Waals surface area contributed by atoms with Crippen molar-refractivity contribution < 1.29 is 13.2 Å². The van der Waals surface area contributed by atoms with Gasteiger partial charge in [-0.05, 0) is 46.3 Å². The molecular weight excluding hydrogens is 436 g/mol. The van der Waals surface area contributed by atoms with Gasteiger partial charge in [-0.25, -0.2) is 12.7 Å². The number of halogens is 2. The quantitative estimate of drug-likeness (QED) is 0.697. The van der Waals surface area contributed by atoms with Crippen LogP contribution in [0.25, 0.3) is 0 Å². The van der Waals surface area contributed by atoms with Crippen molar-refractivity contribution in [1.82, 2.24) is 9.21 Å².